The molecule has 0 spiro atoms. The molecule has 0 saturated carbocycles. The van der Waals surface area contributed by atoms with Crippen LogP contribution in [0.3, 0.4) is 0 Å². The number of aryl methyl sites for hydroxylation is 2. The van der Waals surface area contributed by atoms with Gasteiger partial charge in [0.15, 0.2) is 11.0 Å². The average Bonchev–Trinajstić information content (AvgIpc) is 3.18. The SMILES string of the molecule is COc1ccc(C(=O)N[C@@H](c2nnc(SCC(=O)Nc3ccc(C)c(C)c3)n2C)C(C)C)cc1. The van der Waals surface area contributed by atoms with Crippen molar-refractivity contribution in [3.63, 3.8) is 0 Å². The number of carbonyl (C=O) groups excluding carboxylic acids is 2. The van der Waals surface area contributed by atoms with Crippen molar-refractivity contribution < 1.29 is 14.3 Å². The molecule has 1 aromatic heterocycles. The number of anilines is 1. The fourth-order valence-corrected chi connectivity index (χ4v) is 4.08. The van der Waals surface area contributed by atoms with Crippen LogP contribution >= 0.6 is 11.8 Å². The lowest BCUT2D eigenvalue weighted by molar-refractivity contribution is -0.113. The van der Waals surface area contributed by atoms with Crippen LogP contribution in [0.15, 0.2) is 47.6 Å². The van der Waals surface area contributed by atoms with E-state index in [1.807, 2.05) is 57.5 Å². The predicted molar refractivity (Wildman–Crippen MR) is 134 cm³/mol. The summed E-state index contributed by atoms with van der Waals surface area (Å²) >= 11 is 1.30. The molecular formula is C25H31N5O3S. The number of carbonyl (C=O) groups is 2. The highest BCUT2D eigenvalue weighted by Gasteiger charge is 2.25. The van der Waals surface area contributed by atoms with Crippen LogP contribution in [0.25, 0.3) is 0 Å². The van der Waals surface area contributed by atoms with Crippen molar-refractivity contribution >= 4 is 29.3 Å². The van der Waals surface area contributed by atoms with Crippen molar-refractivity contribution in [3.05, 3.63) is 65.0 Å². The van der Waals surface area contributed by atoms with E-state index in [4.69, 9.17) is 4.74 Å². The number of methoxy groups -OCH3 is 1. The highest BCUT2D eigenvalue weighted by molar-refractivity contribution is 7.99. The highest BCUT2D eigenvalue weighted by Crippen LogP contribution is 2.25. The van der Waals surface area contributed by atoms with Crippen molar-refractivity contribution in [2.24, 2.45) is 13.0 Å². The number of hydrogen-bond acceptors (Lipinski definition) is 6. The van der Waals surface area contributed by atoms with Gasteiger partial charge >= 0.3 is 0 Å². The molecule has 3 rings (SSSR count). The van der Waals surface area contributed by atoms with E-state index in [0.29, 0.717) is 22.3 Å². The Morgan fingerprint density at radius 3 is 2.38 bits per heavy atom. The second kappa shape index (κ2) is 11.2. The van der Waals surface area contributed by atoms with Gasteiger partial charge in [-0.05, 0) is 67.3 Å². The number of nitrogens with one attached hydrogen (secondary N) is 2. The minimum atomic E-state index is -0.342. The first-order valence-electron chi connectivity index (χ1n) is 11.0. The standard InChI is InChI=1S/C25H31N5O3S/c1-15(2)22(27-24(32)18-8-11-20(33-6)12-9-18)23-28-29-25(30(23)5)34-14-21(31)26-19-10-7-16(3)17(4)13-19/h7-13,15,22H,14H2,1-6H3,(H,26,31)(H,27,32)/t22-/m1/s1. The van der Waals surface area contributed by atoms with Gasteiger partial charge in [0, 0.05) is 18.3 Å². The Morgan fingerprint density at radius 1 is 1.06 bits per heavy atom. The first kappa shape index (κ1) is 25.3. The van der Waals surface area contributed by atoms with Gasteiger partial charge in [0.1, 0.15) is 5.75 Å². The van der Waals surface area contributed by atoms with E-state index >= 15 is 0 Å². The molecule has 9 heteroatoms. The predicted octanol–water partition coefficient (Wildman–Crippen LogP) is 4.30. The third kappa shape index (κ3) is 6.17. The maximum atomic E-state index is 12.8. The van der Waals surface area contributed by atoms with Crippen molar-refractivity contribution in [2.75, 3.05) is 18.2 Å². The van der Waals surface area contributed by atoms with Crippen molar-refractivity contribution in [2.45, 2.75) is 38.9 Å². The molecule has 0 fully saturated rings. The van der Waals surface area contributed by atoms with Crippen molar-refractivity contribution in [3.8, 4) is 5.75 Å². The Kier molecular flexibility index (Phi) is 8.33. The van der Waals surface area contributed by atoms with Gasteiger partial charge in [-0.25, -0.2) is 0 Å². The maximum absolute atomic E-state index is 12.8. The number of rotatable bonds is 9. The zero-order chi connectivity index (χ0) is 24.8. The summed E-state index contributed by atoms with van der Waals surface area (Å²) in [7, 11) is 3.43. The molecule has 180 valence electrons. The number of benzene rings is 2. The normalized spacial score (nSPS) is 11.9. The Balaban J connectivity index is 1.65. The molecule has 0 aliphatic heterocycles. The van der Waals surface area contributed by atoms with Crippen LogP contribution in [-0.2, 0) is 11.8 Å². The number of aromatic nitrogens is 3. The summed E-state index contributed by atoms with van der Waals surface area (Å²) < 4.78 is 6.98. The lowest BCUT2D eigenvalue weighted by Gasteiger charge is -2.21. The summed E-state index contributed by atoms with van der Waals surface area (Å²) in [6.45, 7) is 8.07. The summed E-state index contributed by atoms with van der Waals surface area (Å²) in [5, 5.41) is 15.2. The largest absolute Gasteiger partial charge is 0.497 e. The lowest BCUT2D eigenvalue weighted by Crippen LogP contribution is -2.33. The van der Waals surface area contributed by atoms with Gasteiger partial charge in [-0.1, -0.05) is 31.7 Å². The van der Waals surface area contributed by atoms with Gasteiger partial charge in [-0.15, -0.1) is 10.2 Å². The van der Waals surface area contributed by atoms with Gasteiger partial charge in [-0.2, -0.15) is 0 Å². The van der Waals surface area contributed by atoms with E-state index in [0.717, 1.165) is 11.3 Å². The smallest absolute Gasteiger partial charge is 0.251 e. The van der Waals surface area contributed by atoms with Crippen LogP contribution in [0.2, 0.25) is 0 Å². The summed E-state index contributed by atoms with van der Waals surface area (Å²) in [6, 6.07) is 12.4. The third-order valence-corrected chi connectivity index (χ3v) is 6.60. The maximum Gasteiger partial charge on any atom is 0.251 e. The molecule has 2 N–H and O–H groups in total. The molecule has 0 aliphatic rings. The number of nitrogens with zero attached hydrogens (tertiary/aromatic N) is 3. The molecule has 1 atom stereocenters. The summed E-state index contributed by atoms with van der Waals surface area (Å²) in [6.07, 6.45) is 0. The van der Waals surface area contributed by atoms with Gasteiger partial charge in [0.2, 0.25) is 5.91 Å². The molecule has 0 unspecified atom stereocenters. The van der Waals surface area contributed by atoms with Gasteiger partial charge in [0.05, 0.1) is 18.9 Å². The van der Waals surface area contributed by atoms with E-state index in [2.05, 4.69) is 20.8 Å². The Hall–Kier alpha value is -3.33. The Morgan fingerprint density at radius 2 is 1.76 bits per heavy atom. The molecular weight excluding hydrogens is 450 g/mol. The molecule has 0 radical (unpaired) electrons. The molecule has 0 saturated heterocycles. The van der Waals surface area contributed by atoms with E-state index in [1.165, 1.54) is 17.3 Å². The van der Waals surface area contributed by atoms with E-state index < -0.39 is 0 Å². The van der Waals surface area contributed by atoms with Crippen LogP contribution in [0.5, 0.6) is 5.75 Å². The van der Waals surface area contributed by atoms with E-state index in [-0.39, 0.29) is 29.5 Å². The van der Waals surface area contributed by atoms with Crippen molar-refractivity contribution in [1.29, 1.82) is 0 Å². The molecule has 0 aliphatic carbocycles. The zero-order valence-electron chi connectivity index (χ0n) is 20.4. The summed E-state index contributed by atoms with van der Waals surface area (Å²) in [4.78, 5) is 25.3. The number of amides is 2. The van der Waals surface area contributed by atoms with Crippen LogP contribution in [-0.4, -0.2) is 39.4 Å². The van der Waals surface area contributed by atoms with E-state index in [9.17, 15) is 9.59 Å². The quantitative estimate of drug-likeness (QED) is 0.442. The first-order chi connectivity index (χ1) is 16.2. The van der Waals surface area contributed by atoms with Crippen LogP contribution in [0, 0.1) is 19.8 Å². The lowest BCUT2D eigenvalue weighted by atomic mass is 10.0. The minimum absolute atomic E-state index is 0.0797. The second-order valence-electron chi connectivity index (χ2n) is 8.46. The molecule has 1 heterocycles. The van der Waals surface area contributed by atoms with Gasteiger partial charge in [0.25, 0.3) is 5.91 Å². The summed E-state index contributed by atoms with van der Waals surface area (Å²) in [5.41, 5.74) is 3.61. The second-order valence-corrected chi connectivity index (χ2v) is 9.40. The number of hydrogen-bond donors (Lipinski definition) is 2. The number of ether oxygens (including phenoxy) is 1. The molecule has 8 nitrogen and oxygen atoms in total. The fraction of sp³-hybridized carbons (Fsp3) is 0.360. The first-order valence-corrected chi connectivity index (χ1v) is 12.0. The fourth-order valence-electron chi connectivity index (χ4n) is 3.37. The molecule has 2 aromatic carbocycles. The minimum Gasteiger partial charge on any atom is -0.497 e. The summed E-state index contributed by atoms with van der Waals surface area (Å²) in [5.74, 6) is 1.28. The monoisotopic (exact) mass is 481 g/mol. The third-order valence-electron chi connectivity index (χ3n) is 5.58. The molecule has 0 bridgehead atoms. The van der Waals surface area contributed by atoms with Crippen molar-refractivity contribution in [1.82, 2.24) is 20.1 Å². The van der Waals surface area contributed by atoms with E-state index in [1.54, 1.807) is 31.4 Å². The molecule has 2 amide bonds. The zero-order valence-corrected chi connectivity index (χ0v) is 21.2. The highest BCUT2D eigenvalue weighted by atomic mass is 32.2. The Bertz CT molecular complexity index is 1160. The van der Waals surface area contributed by atoms with Gasteiger partial charge < -0.3 is 19.9 Å². The van der Waals surface area contributed by atoms with Crippen LogP contribution < -0.4 is 15.4 Å². The Labute approximate surface area is 204 Å². The van der Waals surface area contributed by atoms with Gasteiger partial charge in [-0.3, -0.25) is 9.59 Å². The topological polar surface area (TPSA) is 98.1 Å². The van der Waals surface area contributed by atoms with Crippen LogP contribution in [0.1, 0.15) is 47.2 Å². The molecule has 3 aromatic rings. The number of thioether (sulfide) groups is 1. The average molecular weight is 482 g/mol. The van der Waals surface area contributed by atoms with Crippen LogP contribution in [0.4, 0.5) is 5.69 Å². The molecule has 34 heavy (non-hydrogen) atoms.